The number of nitrogens with zero attached hydrogens (tertiary/aromatic N) is 1. The van der Waals surface area contributed by atoms with Crippen molar-refractivity contribution in [2.45, 2.75) is 32.7 Å². The zero-order chi connectivity index (χ0) is 14.7. The van der Waals surface area contributed by atoms with E-state index in [9.17, 15) is 9.59 Å². The van der Waals surface area contributed by atoms with Crippen LogP contribution in [-0.2, 0) is 4.79 Å². The van der Waals surface area contributed by atoms with Crippen LogP contribution in [0.4, 0.5) is 4.79 Å². The second kappa shape index (κ2) is 5.98. The van der Waals surface area contributed by atoms with Crippen LogP contribution in [0.5, 0.6) is 0 Å². The molecule has 1 aliphatic rings. The fraction of sp³-hybridized carbons (Fsp3) is 0.571. The molecule has 20 heavy (non-hydrogen) atoms. The molecule has 0 aliphatic carbocycles. The third kappa shape index (κ3) is 3.53. The summed E-state index contributed by atoms with van der Waals surface area (Å²) < 4.78 is 5.47. The molecule has 1 aromatic rings. The highest BCUT2D eigenvalue weighted by Crippen LogP contribution is 2.21. The van der Waals surface area contributed by atoms with Crippen LogP contribution in [0.1, 0.15) is 37.3 Å². The fourth-order valence-corrected chi connectivity index (χ4v) is 2.46. The number of carboxylic acid groups (broad SMARTS) is 1. The SMILES string of the molecule is Cc1ccc(C(C)NC(=O)N2CCC(CC(=O)O)C2)o1. The van der Waals surface area contributed by atoms with Gasteiger partial charge in [-0.15, -0.1) is 0 Å². The molecular weight excluding hydrogens is 260 g/mol. The summed E-state index contributed by atoms with van der Waals surface area (Å²) in [6.45, 7) is 4.83. The number of likely N-dealkylation sites (tertiary alicyclic amines) is 1. The molecule has 1 saturated heterocycles. The number of amides is 2. The number of hydrogen-bond donors (Lipinski definition) is 2. The summed E-state index contributed by atoms with van der Waals surface area (Å²) in [5, 5.41) is 11.6. The Morgan fingerprint density at radius 3 is 2.90 bits per heavy atom. The van der Waals surface area contributed by atoms with Crippen LogP contribution < -0.4 is 5.32 Å². The molecule has 6 heteroatoms. The summed E-state index contributed by atoms with van der Waals surface area (Å²) in [5.41, 5.74) is 0. The summed E-state index contributed by atoms with van der Waals surface area (Å²) >= 11 is 0. The molecule has 2 unspecified atom stereocenters. The first-order chi connectivity index (χ1) is 9.45. The number of carboxylic acids is 1. The van der Waals surface area contributed by atoms with E-state index >= 15 is 0 Å². The maximum Gasteiger partial charge on any atom is 0.317 e. The Morgan fingerprint density at radius 2 is 2.30 bits per heavy atom. The first-order valence-electron chi connectivity index (χ1n) is 6.79. The van der Waals surface area contributed by atoms with Gasteiger partial charge in [0.2, 0.25) is 0 Å². The number of rotatable bonds is 4. The van der Waals surface area contributed by atoms with Crippen LogP contribution in [0.25, 0.3) is 0 Å². The predicted octanol–water partition coefficient (Wildman–Crippen LogP) is 2.16. The van der Waals surface area contributed by atoms with E-state index in [0.717, 1.165) is 17.9 Å². The van der Waals surface area contributed by atoms with E-state index in [2.05, 4.69) is 5.32 Å². The molecular formula is C14H20N2O4. The molecule has 0 spiro atoms. The molecule has 0 bridgehead atoms. The van der Waals surface area contributed by atoms with Gasteiger partial charge in [0.25, 0.3) is 0 Å². The molecule has 0 aromatic carbocycles. The van der Waals surface area contributed by atoms with Crippen LogP contribution in [0.3, 0.4) is 0 Å². The molecule has 2 amide bonds. The molecule has 1 fully saturated rings. The van der Waals surface area contributed by atoms with Crippen LogP contribution in [-0.4, -0.2) is 35.1 Å². The monoisotopic (exact) mass is 280 g/mol. The van der Waals surface area contributed by atoms with Gasteiger partial charge in [-0.2, -0.15) is 0 Å². The Labute approximate surface area is 117 Å². The lowest BCUT2D eigenvalue weighted by atomic mass is 10.1. The van der Waals surface area contributed by atoms with Gasteiger partial charge in [0.05, 0.1) is 6.04 Å². The molecule has 2 atom stereocenters. The smallest absolute Gasteiger partial charge is 0.317 e. The van der Waals surface area contributed by atoms with Gasteiger partial charge in [0.15, 0.2) is 0 Å². The van der Waals surface area contributed by atoms with Crippen molar-refractivity contribution in [3.05, 3.63) is 23.7 Å². The summed E-state index contributed by atoms with van der Waals surface area (Å²) in [4.78, 5) is 24.4. The quantitative estimate of drug-likeness (QED) is 0.885. The first kappa shape index (κ1) is 14.4. The van der Waals surface area contributed by atoms with E-state index in [0.29, 0.717) is 13.1 Å². The second-order valence-corrected chi connectivity index (χ2v) is 5.32. The van der Waals surface area contributed by atoms with E-state index in [1.54, 1.807) is 4.90 Å². The Balaban J connectivity index is 1.85. The third-order valence-corrected chi connectivity index (χ3v) is 3.56. The molecule has 2 N–H and O–H groups in total. The van der Waals surface area contributed by atoms with Crippen molar-refractivity contribution in [1.29, 1.82) is 0 Å². The number of urea groups is 1. The van der Waals surface area contributed by atoms with E-state index in [4.69, 9.17) is 9.52 Å². The first-order valence-corrected chi connectivity index (χ1v) is 6.79. The highest BCUT2D eigenvalue weighted by Gasteiger charge is 2.28. The maximum absolute atomic E-state index is 12.1. The number of carbonyl (C=O) groups is 2. The largest absolute Gasteiger partial charge is 0.481 e. The summed E-state index contributed by atoms with van der Waals surface area (Å²) in [6.07, 6.45) is 0.866. The van der Waals surface area contributed by atoms with Crippen LogP contribution in [0.15, 0.2) is 16.5 Å². The van der Waals surface area contributed by atoms with Gasteiger partial charge < -0.3 is 19.7 Å². The summed E-state index contributed by atoms with van der Waals surface area (Å²) in [6, 6.07) is 3.34. The molecule has 0 saturated carbocycles. The number of furan rings is 1. The number of aryl methyl sites for hydroxylation is 1. The topological polar surface area (TPSA) is 82.8 Å². The van der Waals surface area contributed by atoms with Gasteiger partial charge in [0.1, 0.15) is 11.5 Å². The fourth-order valence-electron chi connectivity index (χ4n) is 2.46. The van der Waals surface area contributed by atoms with Crippen molar-refractivity contribution in [3.8, 4) is 0 Å². The van der Waals surface area contributed by atoms with Crippen molar-refractivity contribution < 1.29 is 19.1 Å². The Kier molecular flexibility index (Phi) is 4.32. The van der Waals surface area contributed by atoms with Crippen LogP contribution in [0.2, 0.25) is 0 Å². The minimum absolute atomic E-state index is 0.0550. The number of nitrogens with one attached hydrogen (secondary N) is 1. The lowest BCUT2D eigenvalue weighted by molar-refractivity contribution is -0.138. The van der Waals surface area contributed by atoms with Gasteiger partial charge in [-0.05, 0) is 38.3 Å². The Hall–Kier alpha value is -1.98. The zero-order valence-corrected chi connectivity index (χ0v) is 11.8. The van der Waals surface area contributed by atoms with Crippen molar-refractivity contribution in [2.24, 2.45) is 5.92 Å². The molecule has 6 nitrogen and oxygen atoms in total. The summed E-state index contributed by atoms with van der Waals surface area (Å²) in [7, 11) is 0. The standard InChI is InChI=1S/C14H20N2O4/c1-9-3-4-12(20-9)10(2)15-14(19)16-6-5-11(8-16)7-13(17)18/h3-4,10-11H,5-8H2,1-2H3,(H,15,19)(H,17,18). The Morgan fingerprint density at radius 1 is 1.55 bits per heavy atom. The number of aliphatic carboxylic acids is 1. The molecule has 110 valence electrons. The minimum Gasteiger partial charge on any atom is -0.481 e. The van der Waals surface area contributed by atoms with Gasteiger partial charge in [0, 0.05) is 19.5 Å². The second-order valence-electron chi connectivity index (χ2n) is 5.32. The Bertz CT molecular complexity index is 497. The van der Waals surface area contributed by atoms with Crippen LogP contribution >= 0.6 is 0 Å². The minimum atomic E-state index is -0.809. The van der Waals surface area contributed by atoms with Crippen LogP contribution in [0, 0.1) is 12.8 Å². The van der Waals surface area contributed by atoms with E-state index in [1.165, 1.54) is 0 Å². The van der Waals surface area contributed by atoms with Crippen molar-refractivity contribution >= 4 is 12.0 Å². The van der Waals surface area contributed by atoms with E-state index in [-0.39, 0.29) is 24.4 Å². The normalized spacial score (nSPS) is 19.9. The average Bonchev–Trinajstić information content (AvgIpc) is 2.97. The van der Waals surface area contributed by atoms with Gasteiger partial charge in [-0.3, -0.25) is 4.79 Å². The van der Waals surface area contributed by atoms with Crippen molar-refractivity contribution in [2.75, 3.05) is 13.1 Å². The van der Waals surface area contributed by atoms with E-state index in [1.807, 2.05) is 26.0 Å². The lowest BCUT2D eigenvalue weighted by Gasteiger charge is -2.20. The molecule has 0 radical (unpaired) electrons. The third-order valence-electron chi connectivity index (χ3n) is 3.56. The number of hydrogen-bond acceptors (Lipinski definition) is 3. The highest BCUT2D eigenvalue weighted by atomic mass is 16.4. The molecule has 1 aromatic heterocycles. The van der Waals surface area contributed by atoms with Gasteiger partial charge in [-0.1, -0.05) is 0 Å². The molecule has 2 heterocycles. The molecule has 1 aliphatic heterocycles. The maximum atomic E-state index is 12.1. The summed E-state index contributed by atoms with van der Waals surface area (Å²) in [5.74, 6) is 0.775. The zero-order valence-electron chi connectivity index (χ0n) is 11.8. The molecule has 2 rings (SSSR count). The average molecular weight is 280 g/mol. The number of carbonyl (C=O) groups excluding carboxylic acids is 1. The van der Waals surface area contributed by atoms with Crippen molar-refractivity contribution in [1.82, 2.24) is 10.2 Å². The van der Waals surface area contributed by atoms with Gasteiger partial charge >= 0.3 is 12.0 Å². The highest BCUT2D eigenvalue weighted by molar-refractivity contribution is 5.75. The predicted molar refractivity (Wildman–Crippen MR) is 72.3 cm³/mol. The van der Waals surface area contributed by atoms with E-state index < -0.39 is 5.97 Å². The lowest BCUT2D eigenvalue weighted by Crippen LogP contribution is -2.39. The van der Waals surface area contributed by atoms with Gasteiger partial charge in [-0.25, -0.2) is 4.79 Å². The van der Waals surface area contributed by atoms with Crippen molar-refractivity contribution in [3.63, 3.8) is 0 Å².